The summed E-state index contributed by atoms with van der Waals surface area (Å²) in [6.45, 7) is 2.85. The van der Waals surface area contributed by atoms with Crippen LogP contribution in [0.3, 0.4) is 0 Å². The van der Waals surface area contributed by atoms with Gasteiger partial charge in [0.25, 0.3) is 0 Å². The molecule has 1 aliphatic carbocycles. The summed E-state index contributed by atoms with van der Waals surface area (Å²) in [5.41, 5.74) is 5.81. The average Bonchev–Trinajstić information content (AvgIpc) is 2.77. The van der Waals surface area contributed by atoms with Crippen molar-refractivity contribution in [2.24, 2.45) is 11.7 Å². The van der Waals surface area contributed by atoms with Gasteiger partial charge in [0.15, 0.2) is 0 Å². The van der Waals surface area contributed by atoms with Crippen molar-refractivity contribution >= 4 is 16.7 Å². The number of aryl methyl sites for hydroxylation is 1. The Hall–Kier alpha value is -0.680. The van der Waals surface area contributed by atoms with E-state index in [1.54, 1.807) is 0 Å². The van der Waals surface area contributed by atoms with E-state index in [1.165, 1.54) is 37.2 Å². The van der Waals surface area contributed by atoms with E-state index in [4.69, 9.17) is 5.73 Å². The zero-order valence-corrected chi connectivity index (χ0v) is 10.6. The maximum Gasteiger partial charge on any atom is 0.202 e. The summed E-state index contributed by atoms with van der Waals surface area (Å²) in [5.74, 6) is 1.54. The highest BCUT2D eigenvalue weighted by Crippen LogP contribution is 2.27. The van der Waals surface area contributed by atoms with Gasteiger partial charge in [-0.05, 0) is 25.3 Å². The molecule has 3 N–H and O–H groups in total. The van der Waals surface area contributed by atoms with Crippen LogP contribution in [0.2, 0.25) is 0 Å². The number of rotatable bonds is 4. The monoisotopic (exact) mass is 240 g/mol. The molecule has 1 aliphatic rings. The fourth-order valence-corrected chi connectivity index (χ4v) is 3.01. The fourth-order valence-electron chi connectivity index (χ4n) is 2.29. The molecule has 2 unspecified atom stereocenters. The third-order valence-corrected chi connectivity index (χ3v) is 3.99. The number of aromatic nitrogens is 2. The second-order valence-electron chi connectivity index (χ2n) is 4.40. The highest BCUT2D eigenvalue weighted by Gasteiger charge is 2.24. The first-order chi connectivity index (χ1) is 7.83. The zero-order valence-electron chi connectivity index (χ0n) is 9.78. The minimum atomic E-state index is 0.497. The van der Waals surface area contributed by atoms with E-state index in [2.05, 4.69) is 21.6 Å². The molecule has 2 atom stereocenters. The van der Waals surface area contributed by atoms with Crippen molar-refractivity contribution in [1.29, 1.82) is 0 Å². The van der Waals surface area contributed by atoms with Crippen LogP contribution in [-0.2, 0) is 6.42 Å². The van der Waals surface area contributed by atoms with Crippen molar-refractivity contribution in [2.45, 2.75) is 45.1 Å². The van der Waals surface area contributed by atoms with E-state index in [9.17, 15) is 0 Å². The number of nitrogens with two attached hydrogens (primary N) is 1. The van der Waals surface area contributed by atoms with Gasteiger partial charge in [-0.15, -0.1) is 0 Å². The molecule has 0 amide bonds. The van der Waals surface area contributed by atoms with Gasteiger partial charge < -0.3 is 11.1 Å². The Morgan fingerprint density at radius 2 is 2.25 bits per heavy atom. The Labute approximate surface area is 101 Å². The maximum absolute atomic E-state index is 5.81. The van der Waals surface area contributed by atoms with E-state index in [-0.39, 0.29) is 0 Å². The van der Waals surface area contributed by atoms with Crippen molar-refractivity contribution in [3.05, 3.63) is 5.82 Å². The topological polar surface area (TPSA) is 63.8 Å². The van der Waals surface area contributed by atoms with Gasteiger partial charge in [-0.2, -0.15) is 4.37 Å². The molecule has 16 heavy (non-hydrogen) atoms. The summed E-state index contributed by atoms with van der Waals surface area (Å²) in [5, 5.41) is 4.46. The van der Waals surface area contributed by atoms with Gasteiger partial charge in [0, 0.05) is 24.0 Å². The molecular formula is C11H20N4S. The quantitative estimate of drug-likeness (QED) is 0.845. The first-order valence-electron chi connectivity index (χ1n) is 6.12. The van der Waals surface area contributed by atoms with Crippen LogP contribution in [-0.4, -0.2) is 21.9 Å². The van der Waals surface area contributed by atoms with Crippen molar-refractivity contribution in [3.63, 3.8) is 0 Å². The number of hydrogen-bond donors (Lipinski definition) is 2. The predicted molar refractivity (Wildman–Crippen MR) is 67.7 cm³/mol. The molecule has 1 fully saturated rings. The minimum Gasteiger partial charge on any atom is -0.357 e. The third kappa shape index (κ3) is 2.71. The van der Waals surface area contributed by atoms with Crippen LogP contribution in [0.25, 0.3) is 0 Å². The summed E-state index contributed by atoms with van der Waals surface area (Å²) in [6, 6.07) is 0.497. The molecule has 0 bridgehead atoms. The molecule has 1 aromatic rings. The lowest BCUT2D eigenvalue weighted by molar-refractivity contribution is 0.332. The highest BCUT2D eigenvalue weighted by atomic mass is 32.1. The number of nitrogens with zero attached hydrogens (tertiary/aromatic N) is 2. The lowest BCUT2D eigenvalue weighted by Crippen LogP contribution is -2.36. The van der Waals surface area contributed by atoms with E-state index in [0.717, 1.165) is 23.9 Å². The summed E-state index contributed by atoms with van der Waals surface area (Å²) in [6.07, 6.45) is 5.98. The molecule has 1 aromatic heterocycles. The SMILES string of the molecule is CCc1nsc(NC2CCCCC2CN)n1. The zero-order chi connectivity index (χ0) is 11.4. The smallest absolute Gasteiger partial charge is 0.202 e. The number of nitrogens with one attached hydrogen (secondary N) is 1. The third-order valence-electron chi connectivity index (χ3n) is 3.31. The van der Waals surface area contributed by atoms with Gasteiger partial charge in [-0.25, -0.2) is 4.98 Å². The summed E-state index contributed by atoms with van der Waals surface area (Å²) in [4.78, 5) is 4.45. The summed E-state index contributed by atoms with van der Waals surface area (Å²) >= 11 is 1.47. The molecule has 2 rings (SSSR count). The summed E-state index contributed by atoms with van der Waals surface area (Å²) in [7, 11) is 0. The second-order valence-corrected chi connectivity index (χ2v) is 5.15. The first-order valence-corrected chi connectivity index (χ1v) is 6.90. The number of anilines is 1. The number of hydrogen-bond acceptors (Lipinski definition) is 5. The first kappa shape index (κ1) is 11.8. The largest absolute Gasteiger partial charge is 0.357 e. The average molecular weight is 240 g/mol. The van der Waals surface area contributed by atoms with E-state index in [0.29, 0.717) is 12.0 Å². The van der Waals surface area contributed by atoms with Crippen LogP contribution in [0.1, 0.15) is 38.4 Å². The van der Waals surface area contributed by atoms with Gasteiger partial charge in [0.2, 0.25) is 5.13 Å². The fraction of sp³-hybridized carbons (Fsp3) is 0.818. The van der Waals surface area contributed by atoms with Gasteiger partial charge in [-0.3, -0.25) is 0 Å². The summed E-state index contributed by atoms with van der Waals surface area (Å²) < 4.78 is 4.29. The van der Waals surface area contributed by atoms with E-state index >= 15 is 0 Å². The van der Waals surface area contributed by atoms with Crippen LogP contribution in [0.4, 0.5) is 5.13 Å². The Kier molecular flexibility index (Phi) is 4.12. The van der Waals surface area contributed by atoms with E-state index < -0.39 is 0 Å². The molecule has 0 aromatic carbocycles. The van der Waals surface area contributed by atoms with Gasteiger partial charge in [0.05, 0.1) is 0 Å². The van der Waals surface area contributed by atoms with Crippen LogP contribution >= 0.6 is 11.5 Å². The van der Waals surface area contributed by atoms with E-state index in [1.807, 2.05) is 0 Å². The Bertz CT molecular complexity index is 326. The molecule has 0 spiro atoms. The van der Waals surface area contributed by atoms with Crippen LogP contribution in [0.15, 0.2) is 0 Å². The Balaban J connectivity index is 1.96. The second kappa shape index (κ2) is 5.59. The lowest BCUT2D eigenvalue weighted by Gasteiger charge is -2.30. The van der Waals surface area contributed by atoms with Gasteiger partial charge >= 0.3 is 0 Å². The minimum absolute atomic E-state index is 0.497. The standard InChI is InChI=1S/C11H20N4S/c1-2-10-14-11(16-15-10)13-9-6-4-3-5-8(9)7-12/h8-9H,2-7,12H2,1H3,(H,13,14,15). The molecule has 4 nitrogen and oxygen atoms in total. The molecule has 1 saturated carbocycles. The van der Waals surface area contributed by atoms with Crippen LogP contribution < -0.4 is 11.1 Å². The highest BCUT2D eigenvalue weighted by molar-refractivity contribution is 7.09. The molecule has 0 radical (unpaired) electrons. The van der Waals surface area contributed by atoms with Crippen LogP contribution in [0.5, 0.6) is 0 Å². The molecular weight excluding hydrogens is 220 g/mol. The van der Waals surface area contributed by atoms with Crippen LogP contribution in [0, 0.1) is 5.92 Å². The maximum atomic E-state index is 5.81. The molecule has 0 aliphatic heterocycles. The molecule has 0 saturated heterocycles. The van der Waals surface area contributed by atoms with Gasteiger partial charge in [0.1, 0.15) is 5.82 Å². The normalized spacial score (nSPS) is 25.6. The molecule has 90 valence electrons. The van der Waals surface area contributed by atoms with Crippen molar-refractivity contribution in [1.82, 2.24) is 9.36 Å². The predicted octanol–water partition coefficient (Wildman–Crippen LogP) is 2.03. The van der Waals surface area contributed by atoms with Crippen molar-refractivity contribution in [2.75, 3.05) is 11.9 Å². The van der Waals surface area contributed by atoms with Crippen molar-refractivity contribution < 1.29 is 0 Å². The Morgan fingerprint density at radius 1 is 1.44 bits per heavy atom. The molecule has 1 heterocycles. The lowest BCUT2D eigenvalue weighted by atomic mass is 9.85. The Morgan fingerprint density at radius 3 is 2.94 bits per heavy atom. The van der Waals surface area contributed by atoms with Gasteiger partial charge in [-0.1, -0.05) is 19.8 Å². The van der Waals surface area contributed by atoms with Crippen molar-refractivity contribution in [3.8, 4) is 0 Å². The molecule has 5 heteroatoms.